The summed E-state index contributed by atoms with van der Waals surface area (Å²) >= 11 is 0. The molecule has 1 aromatic heterocycles. The molecule has 0 radical (unpaired) electrons. The van der Waals surface area contributed by atoms with Crippen molar-refractivity contribution in [3.8, 4) is 0 Å². The van der Waals surface area contributed by atoms with Gasteiger partial charge in [-0.1, -0.05) is 24.3 Å². The van der Waals surface area contributed by atoms with E-state index in [0.717, 1.165) is 29.2 Å². The predicted octanol–water partition coefficient (Wildman–Crippen LogP) is 2.24. The zero-order chi connectivity index (χ0) is 12.7. The average molecular weight is 239 g/mol. The molecule has 3 heteroatoms. The third kappa shape index (κ3) is 1.63. The van der Waals surface area contributed by atoms with E-state index in [1.807, 2.05) is 13.8 Å². The zero-order valence-corrected chi connectivity index (χ0v) is 10.8. The highest BCUT2D eigenvalue weighted by Crippen LogP contribution is 2.38. The number of nitrogens with zero attached hydrogens (tertiary/aromatic N) is 2. The molecular weight excluding hydrogens is 222 g/mol. The lowest BCUT2D eigenvalue weighted by molar-refractivity contribution is 0.649. The fourth-order valence-electron chi connectivity index (χ4n) is 2.71. The fourth-order valence-corrected chi connectivity index (χ4v) is 2.71. The summed E-state index contributed by atoms with van der Waals surface area (Å²) in [6.07, 6.45) is 1.05. The smallest absolute Gasteiger partial charge is 0.136 e. The van der Waals surface area contributed by atoms with Gasteiger partial charge in [0.25, 0.3) is 0 Å². The number of rotatable bonds is 2. The van der Waals surface area contributed by atoms with Crippen molar-refractivity contribution in [1.29, 1.82) is 0 Å². The number of fused-ring (bicyclic) bond motifs is 1. The van der Waals surface area contributed by atoms with Crippen LogP contribution in [0.4, 0.5) is 0 Å². The Labute approximate surface area is 107 Å². The number of benzene rings is 1. The van der Waals surface area contributed by atoms with Crippen molar-refractivity contribution >= 4 is 0 Å². The van der Waals surface area contributed by atoms with Crippen molar-refractivity contribution in [2.45, 2.75) is 32.7 Å². The Morgan fingerprint density at radius 2 is 1.83 bits per heavy atom. The van der Waals surface area contributed by atoms with Crippen LogP contribution in [0, 0.1) is 13.8 Å². The van der Waals surface area contributed by atoms with E-state index < -0.39 is 0 Å². The third-order valence-corrected chi connectivity index (χ3v) is 3.81. The first-order valence-electron chi connectivity index (χ1n) is 6.32. The minimum absolute atomic E-state index is 0.366. The highest BCUT2D eigenvalue weighted by molar-refractivity contribution is 5.44. The van der Waals surface area contributed by atoms with E-state index in [1.54, 1.807) is 0 Å². The lowest BCUT2D eigenvalue weighted by Gasteiger charge is -2.29. The molecule has 1 atom stereocenters. The Morgan fingerprint density at radius 1 is 1.17 bits per heavy atom. The molecule has 2 aromatic rings. The summed E-state index contributed by atoms with van der Waals surface area (Å²) in [5.74, 6) is 1.31. The maximum Gasteiger partial charge on any atom is 0.136 e. The van der Waals surface area contributed by atoms with Crippen molar-refractivity contribution in [2.24, 2.45) is 5.73 Å². The summed E-state index contributed by atoms with van der Waals surface area (Å²) in [6, 6.07) is 8.52. The van der Waals surface area contributed by atoms with Crippen LogP contribution in [-0.2, 0) is 13.0 Å². The van der Waals surface area contributed by atoms with Gasteiger partial charge in [0.1, 0.15) is 5.82 Å². The minimum Gasteiger partial charge on any atom is -0.326 e. The Kier molecular flexibility index (Phi) is 2.63. The van der Waals surface area contributed by atoms with Gasteiger partial charge in [-0.3, -0.25) is 0 Å². The molecule has 0 saturated heterocycles. The summed E-state index contributed by atoms with van der Waals surface area (Å²) in [6.45, 7) is 4.55. The monoisotopic (exact) mass is 239 g/mol. The lowest BCUT2D eigenvalue weighted by atomic mass is 9.77. The van der Waals surface area contributed by atoms with Crippen LogP contribution in [-0.4, -0.2) is 9.97 Å². The molecule has 1 aromatic carbocycles. The fraction of sp³-hybridized carbons (Fsp3) is 0.333. The molecule has 18 heavy (non-hydrogen) atoms. The normalized spacial score (nSPS) is 17.2. The molecule has 0 amide bonds. The van der Waals surface area contributed by atoms with Gasteiger partial charge in [0.05, 0.1) is 0 Å². The van der Waals surface area contributed by atoms with E-state index in [2.05, 4.69) is 34.2 Å². The molecule has 1 heterocycles. The second-order valence-electron chi connectivity index (χ2n) is 4.89. The van der Waals surface area contributed by atoms with Crippen molar-refractivity contribution in [2.75, 3.05) is 0 Å². The molecule has 0 spiro atoms. The molecule has 1 aliphatic rings. The van der Waals surface area contributed by atoms with Crippen LogP contribution in [0.1, 0.15) is 39.8 Å². The van der Waals surface area contributed by atoms with Crippen molar-refractivity contribution in [1.82, 2.24) is 9.97 Å². The first-order chi connectivity index (χ1) is 8.70. The van der Waals surface area contributed by atoms with Gasteiger partial charge in [-0.15, -0.1) is 0 Å². The predicted molar refractivity (Wildman–Crippen MR) is 71.4 cm³/mol. The summed E-state index contributed by atoms with van der Waals surface area (Å²) in [7, 11) is 0. The van der Waals surface area contributed by atoms with Crippen LogP contribution < -0.4 is 5.73 Å². The first kappa shape index (κ1) is 11.4. The van der Waals surface area contributed by atoms with Crippen LogP contribution >= 0.6 is 0 Å². The minimum atomic E-state index is 0.366. The third-order valence-electron chi connectivity index (χ3n) is 3.81. The molecule has 0 aliphatic heterocycles. The van der Waals surface area contributed by atoms with Crippen molar-refractivity contribution in [3.05, 3.63) is 58.2 Å². The van der Waals surface area contributed by atoms with Gasteiger partial charge in [0.15, 0.2) is 0 Å². The van der Waals surface area contributed by atoms with Crippen molar-refractivity contribution in [3.63, 3.8) is 0 Å². The van der Waals surface area contributed by atoms with E-state index in [4.69, 9.17) is 5.73 Å². The topological polar surface area (TPSA) is 51.8 Å². The van der Waals surface area contributed by atoms with Crippen LogP contribution in [0.15, 0.2) is 24.3 Å². The zero-order valence-electron chi connectivity index (χ0n) is 10.8. The second kappa shape index (κ2) is 4.18. The van der Waals surface area contributed by atoms with E-state index in [1.165, 1.54) is 11.1 Å². The molecule has 1 unspecified atom stereocenters. The maximum atomic E-state index is 5.72. The van der Waals surface area contributed by atoms with Crippen LogP contribution in [0.25, 0.3) is 0 Å². The largest absolute Gasteiger partial charge is 0.326 e. The van der Waals surface area contributed by atoms with Gasteiger partial charge in [-0.2, -0.15) is 0 Å². The summed E-state index contributed by atoms with van der Waals surface area (Å²) in [4.78, 5) is 9.27. The number of hydrogen-bond acceptors (Lipinski definition) is 3. The number of nitrogens with two attached hydrogens (primary N) is 1. The quantitative estimate of drug-likeness (QED) is 0.874. The molecule has 2 N–H and O–H groups in total. The van der Waals surface area contributed by atoms with Gasteiger partial charge in [-0.05, 0) is 31.4 Å². The number of hydrogen-bond donors (Lipinski definition) is 1. The molecule has 3 nitrogen and oxygen atoms in total. The van der Waals surface area contributed by atoms with Crippen LogP contribution in [0.3, 0.4) is 0 Å². The SMILES string of the molecule is Cc1nc(C2Cc3ccccc32)nc(C)c1CN. The standard InChI is InChI=1S/C15H17N3/c1-9-14(8-16)10(2)18-15(17-9)13-7-11-5-3-4-6-12(11)13/h3-6,13H,7-8,16H2,1-2H3. The van der Waals surface area contributed by atoms with Crippen LogP contribution in [0.5, 0.6) is 0 Å². The molecule has 92 valence electrons. The highest BCUT2D eigenvalue weighted by Gasteiger charge is 2.29. The van der Waals surface area contributed by atoms with E-state index in [-0.39, 0.29) is 0 Å². The van der Waals surface area contributed by atoms with E-state index >= 15 is 0 Å². The van der Waals surface area contributed by atoms with Crippen LogP contribution in [0.2, 0.25) is 0 Å². The van der Waals surface area contributed by atoms with Gasteiger partial charge in [-0.25, -0.2) is 9.97 Å². The molecule has 0 bridgehead atoms. The Bertz CT molecular complexity index is 581. The van der Waals surface area contributed by atoms with Gasteiger partial charge in [0.2, 0.25) is 0 Å². The second-order valence-corrected chi connectivity index (χ2v) is 4.89. The molecular formula is C15H17N3. The lowest BCUT2D eigenvalue weighted by Crippen LogP contribution is -2.22. The highest BCUT2D eigenvalue weighted by atomic mass is 14.9. The molecule has 0 saturated carbocycles. The molecule has 3 rings (SSSR count). The summed E-state index contributed by atoms with van der Waals surface area (Å²) in [5, 5.41) is 0. The maximum absolute atomic E-state index is 5.72. The van der Waals surface area contributed by atoms with E-state index in [0.29, 0.717) is 12.5 Å². The van der Waals surface area contributed by atoms with Gasteiger partial charge in [0, 0.05) is 29.4 Å². The Hall–Kier alpha value is -1.74. The summed E-state index contributed by atoms with van der Waals surface area (Å²) in [5.41, 5.74) is 11.6. The molecule has 1 aliphatic carbocycles. The van der Waals surface area contributed by atoms with Gasteiger partial charge < -0.3 is 5.73 Å². The van der Waals surface area contributed by atoms with E-state index in [9.17, 15) is 0 Å². The Balaban J connectivity index is 2.01. The first-order valence-corrected chi connectivity index (χ1v) is 6.32. The summed E-state index contributed by atoms with van der Waals surface area (Å²) < 4.78 is 0. The Morgan fingerprint density at radius 3 is 2.44 bits per heavy atom. The average Bonchev–Trinajstić information content (AvgIpc) is 2.30. The number of aromatic nitrogens is 2. The number of aryl methyl sites for hydroxylation is 2. The van der Waals surface area contributed by atoms with Gasteiger partial charge >= 0.3 is 0 Å². The van der Waals surface area contributed by atoms with Crippen molar-refractivity contribution < 1.29 is 0 Å². The molecule has 0 fully saturated rings.